The molecule has 48 valence electrons. The first-order valence-corrected chi connectivity index (χ1v) is 3.12. The molecule has 3 N–H and O–H groups in total. The van der Waals surface area contributed by atoms with E-state index in [1.54, 1.807) is 18.2 Å². The lowest BCUT2D eigenvalue weighted by Crippen LogP contribution is -1.93. The van der Waals surface area contributed by atoms with E-state index in [1.165, 1.54) is 0 Å². The molecule has 1 aromatic rings. The van der Waals surface area contributed by atoms with Crippen molar-refractivity contribution in [2.75, 3.05) is 5.73 Å². The maximum atomic E-state index is 8.97. The monoisotopic (exact) mass is 141 g/mol. The molecule has 1 rings (SSSR count). The van der Waals surface area contributed by atoms with E-state index in [0.29, 0.717) is 5.69 Å². The van der Waals surface area contributed by atoms with Gasteiger partial charge in [0.1, 0.15) is 5.75 Å². The third-order valence-corrected chi connectivity index (χ3v) is 1.51. The Morgan fingerprint density at radius 3 is 2.56 bits per heavy atom. The number of aromatic hydroxyl groups is 1. The fourth-order valence-electron chi connectivity index (χ4n) is 0.573. The normalized spacial score (nSPS) is 9.44. The zero-order valence-corrected chi connectivity index (χ0v) is 5.99. The zero-order valence-electron chi connectivity index (χ0n) is 4.83. The summed E-state index contributed by atoms with van der Waals surface area (Å²) in [5, 5.41) is 9.70. The predicted octanol–water partition coefficient (Wildman–Crippen LogP) is 0.475. The SMILES string of the molecule is Nc1ccc(O)c(P)c1. The Hall–Kier alpha value is -0.750. The number of nitrogen functional groups attached to an aromatic ring is 1. The Morgan fingerprint density at radius 2 is 2.11 bits per heavy atom. The second kappa shape index (κ2) is 2.24. The summed E-state index contributed by atoms with van der Waals surface area (Å²) in [6, 6.07) is 4.92. The fraction of sp³-hybridized carbons (Fsp3) is 0. The van der Waals surface area contributed by atoms with Crippen LogP contribution in [-0.4, -0.2) is 5.11 Å². The van der Waals surface area contributed by atoms with E-state index in [2.05, 4.69) is 9.24 Å². The number of benzene rings is 1. The summed E-state index contributed by atoms with van der Waals surface area (Å²) in [6.07, 6.45) is 0. The minimum atomic E-state index is 0.259. The van der Waals surface area contributed by atoms with E-state index < -0.39 is 0 Å². The summed E-state index contributed by atoms with van der Waals surface area (Å²) in [7, 11) is 2.39. The van der Waals surface area contributed by atoms with Gasteiger partial charge in [-0.3, -0.25) is 0 Å². The summed E-state index contributed by atoms with van der Waals surface area (Å²) in [5.41, 5.74) is 6.07. The van der Waals surface area contributed by atoms with Crippen LogP contribution in [0.1, 0.15) is 0 Å². The molecule has 0 heterocycles. The van der Waals surface area contributed by atoms with Crippen molar-refractivity contribution in [1.29, 1.82) is 0 Å². The van der Waals surface area contributed by atoms with E-state index in [1.807, 2.05) is 0 Å². The smallest absolute Gasteiger partial charge is 0.122 e. The number of hydrogen-bond acceptors (Lipinski definition) is 2. The third kappa shape index (κ3) is 1.33. The highest BCUT2D eigenvalue weighted by molar-refractivity contribution is 7.27. The van der Waals surface area contributed by atoms with Crippen molar-refractivity contribution in [2.24, 2.45) is 0 Å². The Kier molecular flexibility index (Phi) is 1.58. The van der Waals surface area contributed by atoms with Gasteiger partial charge in [-0.1, -0.05) is 0 Å². The molecule has 0 bridgehead atoms. The van der Waals surface area contributed by atoms with E-state index in [0.717, 1.165) is 5.30 Å². The van der Waals surface area contributed by atoms with Crippen LogP contribution in [-0.2, 0) is 0 Å². The molecule has 0 fully saturated rings. The molecule has 1 unspecified atom stereocenters. The number of phenols is 1. The fourth-order valence-corrected chi connectivity index (χ4v) is 0.862. The largest absolute Gasteiger partial charge is 0.507 e. The summed E-state index contributed by atoms with van der Waals surface area (Å²) in [4.78, 5) is 0. The minimum Gasteiger partial charge on any atom is -0.507 e. The van der Waals surface area contributed by atoms with Crippen molar-refractivity contribution in [3.8, 4) is 5.75 Å². The van der Waals surface area contributed by atoms with Gasteiger partial charge in [0, 0.05) is 11.0 Å². The van der Waals surface area contributed by atoms with Crippen molar-refractivity contribution in [1.82, 2.24) is 0 Å². The van der Waals surface area contributed by atoms with Gasteiger partial charge in [0.05, 0.1) is 0 Å². The van der Waals surface area contributed by atoms with Crippen molar-refractivity contribution in [3.05, 3.63) is 18.2 Å². The van der Waals surface area contributed by atoms with Gasteiger partial charge in [-0.25, -0.2) is 0 Å². The highest BCUT2D eigenvalue weighted by Crippen LogP contribution is 2.11. The molecule has 3 heteroatoms. The Bertz CT molecular complexity index is 224. The molecule has 0 amide bonds. The van der Waals surface area contributed by atoms with Crippen LogP contribution in [0.5, 0.6) is 5.75 Å². The van der Waals surface area contributed by atoms with Gasteiger partial charge >= 0.3 is 0 Å². The Labute approximate surface area is 55.9 Å². The van der Waals surface area contributed by atoms with Gasteiger partial charge < -0.3 is 10.8 Å². The molecule has 0 spiro atoms. The average Bonchev–Trinajstić information content (AvgIpc) is 1.80. The predicted molar refractivity (Wildman–Crippen MR) is 41.9 cm³/mol. The van der Waals surface area contributed by atoms with Crippen LogP contribution in [0.4, 0.5) is 5.69 Å². The number of phenolic OH excluding ortho intramolecular Hbond substituents is 1. The van der Waals surface area contributed by atoms with Gasteiger partial charge in [0.2, 0.25) is 0 Å². The Balaban J connectivity index is 3.17. The van der Waals surface area contributed by atoms with Crippen LogP contribution in [0.15, 0.2) is 18.2 Å². The summed E-state index contributed by atoms with van der Waals surface area (Å²) < 4.78 is 0. The standard InChI is InChI=1S/C6H8NOP/c7-4-1-2-5(8)6(9)3-4/h1-3,8H,7,9H2. The molecule has 0 saturated heterocycles. The molecule has 0 aliphatic heterocycles. The molecule has 0 saturated carbocycles. The summed E-state index contributed by atoms with van der Waals surface area (Å²) >= 11 is 0. The van der Waals surface area contributed by atoms with Gasteiger partial charge in [0.25, 0.3) is 0 Å². The van der Waals surface area contributed by atoms with E-state index in [9.17, 15) is 0 Å². The molecule has 0 radical (unpaired) electrons. The van der Waals surface area contributed by atoms with Gasteiger partial charge in [0.15, 0.2) is 0 Å². The van der Waals surface area contributed by atoms with Crippen molar-refractivity contribution in [3.63, 3.8) is 0 Å². The molecule has 0 aliphatic carbocycles. The second-order valence-corrected chi connectivity index (χ2v) is 2.44. The van der Waals surface area contributed by atoms with E-state index >= 15 is 0 Å². The van der Waals surface area contributed by atoms with Crippen molar-refractivity contribution in [2.45, 2.75) is 0 Å². The van der Waals surface area contributed by atoms with Gasteiger partial charge in [-0.05, 0) is 18.2 Å². The maximum absolute atomic E-state index is 8.97. The molecule has 2 nitrogen and oxygen atoms in total. The maximum Gasteiger partial charge on any atom is 0.122 e. The lowest BCUT2D eigenvalue weighted by atomic mass is 10.3. The molecule has 1 atom stereocenters. The molecule has 1 aromatic carbocycles. The minimum absolute atomic E-state index is 0.259. The molecule has 0 aromatic heterocycles. The second-order valence-electron chi connectivity index (χ2n) is 1.82. The average molecular weight is 141 g/mol. The van der Waals surface area contributed by atoms with Crippen LogP contribution in [0.25, 0.3) is 0 Å². The van der Waals surface area contributed by atoms with Crippen LogP contribution >= 0.6 is 9.24 Å². The molecule has 0 aliphatic rings. The van der Waals surface area contributed by atoms with Crippen molar-refractivity contribution >= 4 is 20.2 Å². The number of anilines is 1. The topological polar surface area (TPSA) is 46.2 Å². The highest BCUT2D eigenvalue weighted by Gasteiger charge is 1.92. The first kappa shape index (κ1) is 6.37. The zero-order chi connectivity index (χ0) is 6.85. The van der Waals surface area contributed by atoms with E-state index in [-0.39, 0.29) is 5.75 Å². The lowest BCUT2D eigenvalue weighted by Gasteiger charge is -1.96. The summed E-state index contributed by atoms with van der Waals surface area (Å²) in [5.74, 6) is 0.259. The van der Waals surface area contributed by atoms with Gasteiger partial charge in [-0.15, -0.1) is 9.24 Å². The third-order valence-electron chi connectivity index (χ3n) is 1.05. The first-order chi connectivity index (χ1) is 4.20. The van der Waals surface area contributed by atoms with E-state index in [4.69, 9.17) is 10.8 Å². The molecular formula is C6H8NOP. The number of rotatable bonds is 0. The summed E-state index contributed by atoms with van der Waals surface area (Å²) in [6.45, 7) is 0. The van der Waals surface area contributed by atoms with Crippen LogP contribution < -0.4 is 11.0 Å². The first-order valence-electron chi connectivity index (χ1n) is 2.54. The number of nitrogens with two attached hydrogens (primary N) is 1. The van der Waals surface area contributed by atoms with Crippen molar-refractivity contribution < 1.29 is 5.11 Å². The van der Waals surface area contributed by atoms with Crippen LogP contribution in [0, 0.1) is 0 Å². The lowest BCUT2D eigenvalue weighted by molar-refractivity contribution is 0.480. The Morgan fingerprint density at radius 1 is 1.44 bits per heavy atom. The van der Waals surface area contributed by atoms with Gasteiger partial charge in [-0.2, -0.15) is 0 Å². The quantitative estimate of drug-likeness (QED) is 0.313. The number of hydrogen-bond donors (Lipinski definition) is 2. The highest BCUT2D eigenvalue weighted by atomic mass is 31.0. The molecule has 9 heavy (non-hydrogen) atoms. The van der Waals surface area contributed by atoms with Crippen LogP contribution in [0.2, 0.25) is 0 Å². The van der Waals surface area contributed by atoms with Crippen LogP contribution in [0.3, 0.4) is 0 Å². The molecular weight excluding hydrogens is 133 g/mol.